The van der Waals surface area contributed by atoms with Crippen LogP contribution < -0.4 is 11.1 Å². The number of halogens is 1. The number of pyridine rings is 1. The summed E-state index contributed by atoms with van der Waals surface area (Å²) in [6, 6.07) is 6.53. The fourth-order valence-electron chi connectivity index (χ4n) is 2.38. The highest BCUT2D eigenvalue weighted by molar-refractivity contribution is 9.10. The van der Waals surface area contributed by atoms with Crippen molar-refractivity contribution in [3.05, 3.63) is 46.2 Å². The van der Waals surface area contributed by atoms with Crippen molar-refractivity contribution in [1.29, 1.82) is 0 Å². The number of nitrogens with zero attached hydrogens (tertiary/aromatic N) is 1. The third kappa shape index (κ3) is 2.08. The van der Waals surface area contributed by atoms with Gasteiger partial charge >= 0.3 is 0 Å². The third-order valence-electron chi connectivity index (χ3n) is 3.30. The second kappa shape index (κ2) is 4.61. The number of anilines is 3. The number of nitrogens with one attached hydrogen (secondary N) is 1. The van der Waals surface area contributed by atoms with E-state index in [1.165, 1.54) is 30.4 Å². The Labute approximate surface area is 115 Å². The Balaban J connectivity index is 1.93. The van der Waals surface area contributed by atoms with E-state index in [1.54, 1.807) is 12.4 Å². The highest BCUT2D eigenvalue weighted by atomic mass is 79.9. The predicted molar refractivity (Wildman–Crippen MR) is 78.1 cm³/mol. The van der Waals surface area contributed by atoms with E-state index in [0.717, 1.165) is 15.8 Å². The number of hydrogen-bond donors (Lipinski definition) is 2. The van der Waals surface area contributed by atoms with Gasteiger partial charge in [-0.2, -0.15) is 0 Å². The molecule has 1 heterocycles. The summed E-state index contributed by atoms with van der Waals surface area (Å²) in [5, 5.41) is 3.36. The number of aromatic nitrogens is 1. The summed E-state index contributed by atoms with van der Waals surface area (Å²) in [5.74, 6) is 0. The van der Waals surface area contributed by atoms with Crippen LogP contribution in [0.15, 0.2) is 35.1 Å². The van der Waals surface area contributed by atoms with Crippen LogP contribution in [0.2, 0.25) is 0 Å². The van der Waals surface area contributed by atoms with Gasteiger partial charge in [-0.05, 0) is 58.5 Å². The van der Waals surface area contributed by atoms with Gasteiger partial charge in [-0.1, -0.05) is 6.07 Å². The second-order valence-electron chi connectivity index (χ2n) is 4.55. The minimum Gasteiger partial charge on any atom is -0.396 e. The zero-order valence-electron chi connectivity index (χ0n) is 9.91. The van der Waals surface area contributed by atoms with E-state index in [0.29, 0.717) is 5.69 Å². The Morgan fingerprint density at radius 3 is 2.83 bits per heavy atom. The molecule has 3 N–H and O–H groups in total. The molecule has 3 nitrogen and oxygen atoms in total. The van der Waals surface area contributed by atoms with Gasteiger partial charge in [0.2, 0.25) is 0 Å². The summed E-state index contributed by atoms with van der Waals surface area (Å²) in [5.41, 5.74) is 11.4. The first-order valence-electron chi connectivity index (χ1n) is 6.02. The van der Waals surface area contributed by atoms with Gasteiger partial charge in [-0.15, -0.1) is 0 Å². The van der Waals surface area contributed by atoms with Crippen LogP contribution in [0.3, 0.4) is 0 Å². The van der Waals surface area contributed by atoms with E-state index in [-0.39, 0.29) is 0 Å². The maximum atomic E-state index is 5.93. The molecule has 0 bridgehead atoms. The van der Waals surface area contributed by atoms with Gasteiger partial charge in [0.25, 0.3) is 0 Å². The van der Waals surface area contributed by atoms with Crippen LogP contribution in [0.1, 0.15) is 17.5 Å². The van der Waals surface area contributed by atoms with Crippen molar-refractivity contribution in [2.45, 2.75) is 19.3 Å². The zero-order valence-corrected chi connectivity index (χ0v) is 11.5. The van der Waals surface area contributed by atoms with Crippen molar-refractivity contribution in [3.63, 3.8) is 0 Å². The monoisotopic (exact) mass is 303 g/mol. The van der Waals surface area contributed by atoms with Crippen LogP contribution in [0, 0.1) is 0 Å². The molecule has 0 atom stereocenters. The number of fused-ring (bicyclic) bond motifs is 1. The molecule has 0 unspecified atom stereocenters. The fraction of sp³-hybridized carbons (Fsp3) is 0.214. The smallest absolute Gasteiger partial charge is 0.0794 e. The van der Waals surface area contributed by atoms with E-state index >= 15 is 0 Å². The summed E-state index contributed by atoms with van der Waals surface area (Å²) in [4.78, 5) is 4.03. The van der Waals surface area contributed by atoms with E-state index in [9.17, 15) is 0 Å². The summed E-state index contributed by atoms with van der Waals surface area (Å²) in [6.45, 7) is 0. The Bertz CT molecular complexity index is 575. The largest absolute Gasteiger partial charge is 0.396 e. The third-order valence-corrected chi connectivity index (χ3v) is 3.90. The second-order valence-corrected chi connectivity index (χ2v) is 5.40. The standard InChI is InChI=1S/C14H14BrN3/c15-12-7-17-8-13(16)14(12)18-11-5-4-9-2-1-3-10(9)6-11/h4-8H,1-3,16H2,(H,17,18). The van der Waals surface area contributed by atoms with E-state index in [2.05, 4.69) is 44.4 Å². The van der Waals surface area contributed by atoms with Gasteiger partial charge in [0.1, 0.15) is 0 Å². The molecule has 4 heteroatoms. The lowest BCUT2D eigenvalue weighted by Crippen LogP contribution is -1.98. The van der Waals surface area contributed by atoms with Crippen molar-refractivity contribution in [2.75, 3.05) is 11.1 Å². The van der Waals surface area contributed by atoms with Crippen LogP contribution in [0.4, 0.5) is 17.1 Å². The number of aryl methyl sites for hydroxylation is 2. The van der Waals surface area contributed by atoms with Gasteiger partial charge in [-0.25, -0.2) is 0 Å². The lowest BCUT2D eigenvalue weighted by atomic mass is 10.1. The molecular formula is C14H14BrN3. The maximum absolute atomic E-state index is 5.93. The first-order chi connectivity index (χ1) is 8.74. The van der Waals surface area contributed by atoms with Crippen LogP contribution in [-0.2, 0) is 12.8 Å². The Morgan fingerprint density at radius 1 is 1.17 bits per heavy atom. The Morgan fingerprint density at radius 2 is 2.00 bits per heavy atom. The van der Waals surface area contributed by atoms with Gasteiger partial charge in [0, 0.05) is 11.9 Å². The van der Waals surface area contributed by atoms with E-state index < -0.39 is 0 Å². The minimum atomic E-state index is 0.643. The van der Waals surface area contributed by atoms with Gasteiger partial charge in [-0.3, -0.25) is 4.98 Å². The first-order valence-corrected chi connectivity index (χ1v) is 6.81. The lowest BCUT2D eigenvalue weighted by Gasteiger charge is -2.12. The highest BCUT2D eigenvalue weighted by Gasteiger charge is 2.12. The Hall–Kier alpha value is -1.55. The van der Waals surface area contributed by atoms with Crippen molar-refractivity contribution < 1.29 is 0 Å². The van der Waals surface area contributed by atoms with Crippen LogP contribution >= 0.6 is 15.9 Å². The maximum Gasteiger partial charge on any atom is 0.0794 e. The molecule has 0 saturated carbocycles. The number of benzene rings is 1. The average molecular weight is 304 g/mol. The molecule has 1 aliphatic carbocycles. The molecule has 0 amide bonds. The van der Waals surface area contributed by atoms with Gasteiger partial charge in [0.15, 0.2) is 0 Å². The molecule has 1 aromatic heterocycles. The van der Waals surface area contributed by atoms with Crippen molar-refractivity contribution in [1.82, 2.24) is 4.98 Å². The van der Waals surface area contributed by atoms with Crippen molar-refractivity contribution in [2.24, 2.45) is 0 Å². The van der Waals surface area contributed by atoms with Crippen LogP contribution in [-0.4, -0.2) is 4.98 Å². The quantitative estimate of drug-likeness (QED) is 0.890. The van der Waals surface area contributed by atoms with Crippen LogP contribution in [0.5, 0.6) is 0 Å². The Kier molecular flexibility index (Phi) is 2.96. The molecule has 2 aromatic rings. The molecule has 0 fully saturated rings. The molecule has 1 aromatic carbocycles. The molecule has 0 spiro atoms. The lowest BCUT2D eigenvalue weighted by molar-refractivity contribution is 0.912. The molecule has 0 aliphatic heterocycles. The summed E-state index contributed by atoms with van der Waals surface area (Å²) in [7, 11) is 0. The topological polar surface area (TPSA) is 50.9 Å². The molecular weight excluding hydrogens is 290 g/mol. The highest BCUT2D eigenvalue weighted by Crippen LogP contribution is 2.32. The summed E-state index contributed by atoms with van der Waals surface area (Å²) >= 11 is 3.46. The normalized spacial score (nSPS) is 13.4. The number of nitrogen functional groups attached to an aromatic ring is 1. The predicted octanol–water partition coefficient (Wildman–Crippen LogP) is 3.66. The van der Waals surface area contributed by atoms with E-state index in [4.69, 9.17) is 5.73 Å². The first kappa shape index (κ1) is 11.5. The molecule has 0 radical (unpaired) electrons. The number of rotatable bonds is 2. The molecule has 18 heavy (non-hydrogen) atoms. The number of nitrogens with two attached hydrogens (primary N) is 1. The molecule has 92 valence electrons. The molecule has 0 saturated heterocycles. The number of hydrogen-bond acceptors (Lipinski definition) is 3. The zero-order chi connectivity index (χ0) is 12.5. The van der Waals surface area contributed by atoms with Crippen LogP contribution in [0.25, 0.3) is 0 Å². The summed E-state index contributed by atoms with van der Waals surface area (Å²) < 4.78 is 0.878. The fourth-order valence-corrected chi connectivity index (χ4v) is 2.82. The molecule has 1 aliphatic rings. The van der Waals surface area contributed by atoms with Gasteiger partial charge < -0.3 is 11.1 Å². The van der Waals surface area contributed by atoms with Crippen molar-refractivity contribution in [3.8, 4) is 0 Å². The van der Waals surface area contributed by atoms with E-state index in [1.807, 2.05) is 0 Å². The average Bonchev–Trinajstić information content (AvgIpc) is 2.81. The molecule has 3 rings (SSSR count). The van der Waals surface area contributed by atoms with Crippen molar-refractivity contribution >= 4 is 33.0 Å². The SMILES string of the molecule is Nc1cncc(Br)c1Nc1ccc2c(c1)CCC2. The summed E-state index contributed by atoms with van der Waals surface area (Å²) in [6.07, 6.45) is 7.04. The minimum absolute atomic E-state index is 0.643. The van der Waals surface area contributed by atoms with Gasteiger partial charge in [0.05, 0.1) is 22.0 Å².